The fourth-order valence-corrected chi connectivity index (χ4v) is 2.46. The normalized spacial score (nSPS) is 23.9. The van der Waals surface area contributed by atoms with Crippen LogP contribution in [0.2, 0.25) is 0 Å². The van der Waals surface area contributed by atoms with Crippen LogP contribution in [0.1, 0.15) is 17.5 Å². The van der Waals surface area contributed by atoms with Crippen LogP contribution >= 0.6 is 0 Å². The van der Waals surface area contributed by atoms with Gasteiger partial charge in [0.1, 0.15) is 5.75 Å². The van der Waals surface area contributed by atoms with E-state index in [9.17, 15) is 0 Å². The lowest BCUT2D eigenvalue weighted by Gasteiger charge is -2.19. The van der Waals surface area contributed by atoms with Gasteiger partial charge in [-0.3, -0.25) is 0 Å². The second-order valence-electron chi connectivity index (χ2n) is 4.62. The molecule has 0 bridgehead atoms. The van der Waals surface area contributed by atoms with Crippen molar-refractivity contribution in [1.29, 1.82) is 0 Å². The molecule has 2 heterocycles. The summed E-state index contributed by atoms with van der Waals surface area (Å²) in [5.41, 5.74) is 2.55. The fraction of sp³-hybridized carbons (Fsp3) is 0.538. The molecule has 0 amide bonds. The Hall–Kier alpha value is -1.06. The molecule has 0 aromatic heterocycles. The summed E-state index contributed by atoms with van der Waals surface area (Å²) in [7, 11) is 0. The van der Waals surface area contributed by atoms with Gasteiger partial charge in [0.25, 0.3) is 0 Å². The van der Waals surface area contributed by atoms with E-state index in [4.69, 9.17) is 9.47 Å². The summed E-state index contributed by atoms with van der Waals surface area (Å²) < 4.78 is 10.7. The first-order valence-corrected chi connectivity index (χ1v) is 5.95. The first-order chi connectivity index (χ1) is 7.92. The standard InChI is InChI=1S/C13H17NO2/c1-2-12-8-15-9-16-13(12)6-10(1)5-11-3-4-14-7-11/h1-2,6,11,14H,3-5,7-9H2. The Kier molecular flexibility index (Phi) is 2.80. The van der Waals surface area contributed by atoms with E-state index in [1.807, 2.05) is 0 Å². The van der Waals surface area contributed by atoms with Gasteiger partial charge >= 0.3 is 0 Å². The SMILES string of the molecule is c1cc2c(cc1CC1CCNC1)OCOC2. The minimum absolute atomic E-state index is 0.390. The van der Waals surface area contributed by atoms with E-state index >= 15 is 0 Å². The third-order valence-electron chi connectivity index (χ3n) is 3.37. The van der Waals surface area contributed by atoms with Crippen molar-refractivity contribution in [1.82, 2.24) is 5.32 Å². The summed E-state index contributed by atoms with van der Waals surface area (Å²) in [5, 5.41) is 3.40. The van der Waals surface area contributed by atoms with Crippen molar-refractivity contribution in [3.05, 3.63) is 29.3 Å². The first kappa shape index (κ1) is 10.1. The second kappa shape index (κ2) is 4.44. The van der Waals surface area contributed by atoms with E-state index in [2.05, 4.69) is 23.5 Å². The van der Waals surface area contributed by atoms with Crippen molar-refractivity contribution in [3.8, 4) is 5.75 Å². The number of hydrogen-bond acceptors (Lipinski definition) is 3. The number of hydrogen-bond donors (Lipinski definition) is 1. The molecule has 1 N–H and O–H groups in total. The van der Waals surface area contributed by atoms with E-state index < -0.39 is 0 Å². The Morgan fingerprint density at radius 2 is 2.38 bits per heavy atom. The van der Waals surface area contributed by atoms with Crippen LogP contribution in [0.5, 0.6) is 5.75 Å². The predicted octanol–water partition coefficient (Wildman–Crippen LogP) is 1.71. The Labute approximate surface area is 95.8 Å². The highest BCUT2D eigenvalue weighted by atomic mass is 16.7. The minimum Gasteiger partial charge on any atom is -0.467 e. The van der Waals surface area contributed by atoms with Gasteiger partial charge in [0.15, 0.2) is 6.79 Å². The Morgan fingerprint density at radius 3 is 3.25 bits per heavy atom. The van der Waals surface area contributed by atoms with E-state index in [0.29, 0.717) is 13.4 Å². The molecule has 1 unspecified atom stereocenters. The van der Waals surface area contributed by atoms with Crippen LogP contribution in [0.15, 0.2) is 18.2 Å². The van der Waals surface area contributed by atoms with Gasteiger partial charge in [0.05, 0.1) is 6.61 Å². The van der Waals surface area contributed by atoms with Gasteiger partial charge in [0, 0.05) is 5.56 Å². The maximum absolute atomic E-state index is 5.49. The molecule has 3 heteroatoms. The molecule has 3 rings (SSSR count). The minimum atomic E-state index is 0.390. The molecule has 16 heavy (non-hydrogen) atoms. The molecule has 1 saturated heterocycles. The number of fused-ring (bicyclic) bond motifs is 1. The van der Waals surface area contributed by atoms with Crippen LogP contribution < -0.4 is 10.1 Å². The molecule has 0 spiro atoms. The van der Waals surface area contributed by atoms with Crippen molar-refractivity contribution < 1.29 is 9.47 Å². The van der Waals surface area contributed by atoms with Gasteiger partial charge in [-0.05, 0) is 43.5 Å². The Morgan fingerprint density at radius 1 is 1.38 bits per heavy atom. The highest BCUT2D eigenvalue weighted by Gasteiger charge is 2.16. The molecule has 1 aromatic rings. The average Bonchev–Trinajstić information content (AvgIpc) is 2.82. The molecule has 1 aromatic carbocycles. The van der Waals surface area contributed by atoms with Gasteiger partial charge in [-0.2, -0.15) is 0 Å². The third-order valence-corrected chi connectivity index (χ3v) is 3.37. The molecule has 0 aliphatic carbocycles. The number of rotatable bonds is 2. The zero-order valence-electron chi connectivity index (χ0n) is 9.37. The molecule has 1 fully saturated rings. The van der Waals surface area contributed by atoms with Crippen LogP contribution in [-0.4, -0.2) is 19.9 Å². The topological polar surface area (TPSA) is 30.5 Å². The van der Waals surface area contributed by atoms with Crippen molar-refractivity contribution in [2.75, 3.05) is 19.9 Å². The maximum Gasteiger partial charge on any atom is 0.189 e. The highest BCUT2D eigenvalue weighted by molar-refractivity contribution is 5.38. The summed E-state index contributed by atoms with van der Waals surface area (Å²) in [6, 6.07) is 6.51. The summed E-state index contributed by atoms with van der Waals surface area (Å²) in [6.07, 6.45) is 2.45. The van der Waals surface area contributed by atoms with Crippen molar-refractivity contribution >= 4 is 0 Å². The molecule has 0 radical (unpaired) electrons. The summed E-state index contributed by atoms with van der Waals surface area (Å²) in [6.45, 7) is 3.39. The molecule has 86 valence electrons. The van der Waals surface area contributed by atoms with Gasteiger partial charge in [0.2, 0.25) is 0 Å². The molecular formula is C13H17NO2. The number of nitrogens with one attached hydrogen (secondary N) is 1. The summed E-state index contributed by atoms with van der Waals surface area (Å²) >= 11 is 0. The summed E-state index contributed by atoms with van der Waals surface area (Å²) in [4.78, 5) is 0. The van der Waals surface area contributed by atoms with Gasteiger partial charge < -0.3 is 14.8 Å². The lowest BCUT2D eigenvalue weighted by molar-refractivity contribution is -0.0164. The lowest BCUT2D eigenvalue weighted by Crippen LogP contribution is -2.13. The molecule has 1 atom stereocenters. The predicted molar refractivity (Wildman–Crippen MR) is 61.4 cm³/mol. The summed E-state index contributed by atoms with van der Waals surface area (Å²) in [5.74, 6) is 1.80. The van der Waals surface area contributed by atoms with Crippen molar-refractivity contribution in [2.24, 2.45) is 5.92 Å². The number of benzene rings is 1. The van der Waals surface area contributed by atoms with Crippen LogP contribution in [-0.2, 0) is 17.8 Å². The molecular weight excluding hydrogens is 202 g/mol. The van der Waals surface area contributed by atoms with E-state index in [1.165, 1.54) is 24.1 Å². The van der Waals surface area contributed by atoms with Crippen LogP contribution in [0.3, 0.4) is 0 Å². The quantitative estimate of drug-likeness (QED) is 0.821. The van der Waals surface area contributed by atoms with E-state index in [0.717, 1.165) is 24.6 Å². The van der Waals surface area contributed by atoms with E-state index in [-0.39, 0.29) is 0 Å². The maximum atomic E-state index is 5.49. The second-order valence-corrected chi connectivity index (χ2v) is 4.62. The van der Waals surface area contributed by atoms with Gasteiger partial charge in [-0.25, -0.2) is 0 Å². The monoisotopic (exact) mass is 219 g/mol. The zero-order chi connectivity index (χ0) is 10.8. The van der Waals surface area contributed by atoms with Gasteiger partial charge in [-0.15, -0.1) is 0 Å². The van der Waals surface area contributed by atoms with Crippen LogP contribution in [0, 0.1) is 5.92 Å². The number of ether oxygens (including phenoxy) is 2. The molecule has 2 aliphatic heterocycles. The van der Waals surface area contributed by atoms with E-state index in [1.54, 1.807) is 0 Å². The average molecular weight is 219 g/mol. The van der Waals surface area contributed by atoms with Crippen molar-refractivity contribution in [3.63, 3.8) is 0 Å². The molecule has 3 nitrogen and oxygen atoms in total. The van der Waals surface area contributed by atoms with Crippen molar-refractivity contribution in [2.45, 2.75) is 19.4 Å². The van der Waals surface area contributed by atoms with Gasteiger partial charge in [-0.1, -0.05) is 12.1 Å². The zero-order valence-corrected chi connectivity index (χ0v) is 9.37. The molecule has 2 aliphatic rings. The third kappa shape index (κ3) is 2.06. The highest BCUT2D eigenvalue weighted by Crippen LogP contribution is 2.26. The molecule has 0 saturated carbocycles. The smallest absolute Gasteiger partial charge is 0.189 e. The van der Waals surface area contributed by atoms with Crippen LogP contribution in [0.25, 0.3) is 0 Å². The largest absolute Gasteiger partial charge is 0.467 e. The first-order valence-electron chi connectivity index (χ1n) is 5.95. The Bertz CT molecular complexity index is 372. The van der Waals surface area contributed by atoms with Crippen LogP contribution in [0.4, 0.5) is 0 Å². The Balaban J connectivity index is 1.74. The lowest BCUT2D eigenvalue weighted by atomic mass is 9.97. The fourth-order valence-electron chi connectivity index (χ4n) is 2.46.